The van der Waals surface area contributed by atoms with Gasteiger partial charge in [0.05, 0.1) is 0 Å². The number of rotatable bonds is 6. The lowest BCUT2D eigenvalue weighted by atomic mass is 10.1. The Balaban J connectivity index is 1.95. The van der Waals surface area contributed by atoms with Gasteiger partial charge in [-0.1, -0.05) is 72.3 Å². The van der Waals surface area contributed by atoms with E-state index < -0.39 is 0 Å². The minimum absolute atomic E-state index is 0.433. The third kappa shape index (κ3) is 4.56. The summed E-state index contributed by atoms with van der Waals surface area (Å²) in [4.78, 5) is 2.35. The van der Waals surface area contributed by atoms with Gasteiger partial charge in [0.25, 0.3) is 0 Å². The predicted octanol–water partition coefficient (Wildman–Crippen LogP) is 6.59. The molecule has 0 radical (unpaired) electrons. The molecule has 128 valence electrons. The van der Waals surface area contributed by atoms with Gasteiger partial charge in [-0.2, -0.15) is 0 Å². The molecule has 0 atom stereocenters. The maximum atomic E-state index is 6.47. The molecule has 3 aromatic rings. The highest BCUT2D eigenvalue weighted by Crippen LogP contribution is 2.30. The molecular formula is C22H21Cl2N. The van der Waals surface area contributed by atoms with Gasteiger partial charge in [0.2, 0.25) is 0 Å². The molecule has 0 spiro atoms. The molecular weight excluding hydrogens is 349 g/mol. The summed E-state index contributed by atoms with van der Waals surface area (Å²) >= 11 is 12.5. The normalized spacial score (nSPS) is 10.7. The zero-order valence-electron chi connectivity index (χ0n) is 14.3. The van der Waals surface area contributed by atoms with Crippen molar-refractivity contribution in [2.24, 2.45) is 0 Å². The van der Waals surface area contributed by atoms with Crippen molar-refractivity contribution >= 4 is 28.9 Å². The Bertz CT molecular complexity index is 751. The van der Waals surface area contributed by atoms with Crippen LogP contribution in [0.15, 0.2) is 72.8 Å². The van der Waals surface area contributed by atoms with Crippen molar-refractivity contribution in [2.75, 3.05) is 4.90 Å². The molecule has 0 aromatic heterocycles. The molecule has 3 rings (SSSR count). The Kier molecular flexibility index (Phi) is 6.01. The van der Waals surface area contributed by atoms with Crippen LogP contribution in [-0.2, 0) is 19.0 Å². The molecule has 0 amide bonds. The number of nitrogens with zero attached hydrogens (tertiary/aromatic N) is 1. The molecule has 0 bridgehead atoms. The van der Waals surface area contributed by atoms with E-state index in [1.54, 1.807) is 0 Å². The number of alkyl halides is 1. The summed E-state index contributed by atoms with van der Waals surface area (Å²) < 4.78 is 0. The third-order valence-corrected chi connectivity index (χ3v) is 4.94. The zero-order valence-corrected chi connectivity index (χ0v) is 15.8. The Morgan fingerprint density at radius 3 is 1.76 bits per heavy atom. The number of benzene rings is 3. The standard InChI is InChI=1S/C22H21Cl2N/c1-17-12-20(13-22(24)21(17)14-23)25(15-18-8-4-2-5-9-18)16-19-10-6-3-7-11-19/h2-13H,14-16H2,1H3. The van der Waals surface area contributed by atoms with Gasteiger partial charge in [-0.3, -0.25) is 0 Å². The molecule has 0 saturated heterocycles. The van der Waals surface area contributed by atoms with E-state index in [4.69, 9.17) is 23.2 Å². The van der Waals surface area contributed by atoms with Crippen LogP contribution in [0.5, 0.6) is 0 Å². The second kappa shape index (κ2) is 8.42. The van der Waals surface area contributed by atoms with E-state index in [-0.39, 0.29) is 0 Å². The van der Waals surface area contributed by atoms with Crippen LogP contribution in [0.3, 0.4) is 0 Å². The molecule has 3 heteroatoms. The fraction of sp³-hybridized carbons (Fsp3) is 0.182. The molecule has 0 saturated carbocycles. The first kappa shape index (κ1) is 17.8. The topological polar surface area (TPSA) is 3.24 Å². The average molecular weight is 370 g/mol. The highest BCUT2D eigenvalue weighted by Gasteiger charge is 2.13. The van der Waals surface area contributed by atoms with Crippen LogP contribution in [-0.4, -0.2) is 0 Å². The summed E-state index contributed by atoms with van der Waals surface area (Å²) in [5.74, 6) is 0.433. The monoisotopic (exact) mass is 369 g/mol. The van der Waals surface area contributed by atoms with Gasteiger partial charge in [-0.05, 0) is 41.3 Å². The molecule has 0 fully saturated rings. The molecule has 0 aliphatic carbocycles. The van der Waals surface area contributed by atoms with Crippen molar-refractivity contribution in [2.45, 2.75) is 25.9 Å². The SMILES string of the molecule is Cc1cc(N(Cc2ccccc2)Cc2ccccc2)cc(Cl)c1CCl. The van der Waals surface area contributed by atoms with Crippen molar-refractivity contribution in [1.82, 2.24) is 0 Å². The Morgan fingerprint density at radius 2 is 1.32 bits per heavy atom. The second-order valence-corrected chi connectivity index (χ2v) is 6.86. The number of anilines is 1. The van der Waals surface area contributed by atoms with Crippen molar-refractivity contribution < 1.29 is 0 Å². The van der Waals surface area contributed by atoms with Crippen molar-refractivity contribution in [3.63, 3.8) is 0 Å². The molecule has 0 unspecified atom stereocenters. The van der Waals surface area contributed by atoms with Crippen LogP contribution in [0, 0.1) is 6.92 Å². The summed E-state index contributed by atoms with van der Waals surface area (Å²) in [6.45, 7) is 3.72. The Labute approximate surface area is 159 Å². The van der Waals surface area contributed by atoms with Crippen LogP contribution < -0.4 is 4.90 Å². The average Bonchev–Trinajstić information content (AvgIpc) is 2.63. The van der Waals surface area contributed by atoms with Gasteiger partial charge >= 0.3 is 0 Å². The molecule has 3 aromatic carbocycles. The minimum atomic E-state index is 0.433. The van der Waals surface area contributed by atoms with Crippen molar-refractivity contribution in [3.8, 4) is 0 Å². The van der Waals surface area contributed by atoms with Crippen LogP contribution in [0.25, 0.3) is 0 Å². The van der Waals surface area contributed by atoms with Gasteiger partial charge in [0.15, 0.2) is 0 Å². The first-order valence-corrected chi connectivity index (χ1v) is 9.26. The highest BCUT2D eigenvalue weighted by atomic mass is 35.5. The fourth-order valence-electron chi connectivity index (χ4n) is 2.95. The molecule has 0 aliphatic rings. The number of hydrogen-bond acceptors (Lipinski definition) is 1. The molecule has 1 nitrogen and oxygen atoms in total. The van der Waals surface area contributed by atoms with E-state index >= 15 is 0 Å². The van der Waals surface area contributed by atoms with Crippen LogP contribution in [0.4, 0.5) is 5.69 Å². The number of hydrogen-bond donors (Lipinski definition) is 0. The van der Waals surface area contributed by atoms with Gasteiger partial charge < -0.3 is 4.90 Å². The summed E-state index contributed by atoms with van der Waals surface area (Å²) in [7, 11) is 0. The molecule has 25 heavy (non-hydrogen) atoms. The quantitative estimate of drug-likeness (QED) is 0.442. The van der Waals surface area contributed by atoms with Crippen molar-refractivity contribution in [3.05, 3.63) is 100 Å². The van der Waals surface area contributed by atoms with E-state index in [1.165, 1.54) is 11.1 Å². The van der Waals surface area contributed by atoms with E-state index in [0.29, 0.717) is 5.88 Å². The Morgan fingerprint density at radius 1 is 0.800 bits per heavy atom. The summed E-state index contributed by atoms with van der Waals surface area (Å²) in [6, 6.07) is 25.2. The summed E-state index contributed by atoms with van der Waals surface area (Å²) in [5, 5.41) is 0.733. The largest absolute Gasteiger partial charge is 0.363 e. The van der Waals surface area contributed by atoms with E-state index in [1.807, 2.05) is 18.2 Å². The van der Waals surface area contributed by atoms with Crippen LogP contribution in [0.1, 0.15) is 22.3 Å². The molecule has 0 heterocycles. The minimum Gasteiger partial charge on any atom is -0.363 e. The van der Waals surface area contributed by atoms with Crippen LogP contribution in [0.2, 0.25) is 5.02 Å². The van der Waals surface area contributed by atoms with Gasteiger partial charge in [-0.15, -0.1) is 11.6 Å². The maximum Gasteiger partial charge on any atom is 0.0491 e. The number of aryl methyl sites for hydroxylation is 1. The third-order valence-electron chi connectivity index (χ3n) is 4.33. The first-order valence-electron chi connectivity index (χ1n) is 8.35. The second-order valence-electron chi connectivity index (χ2n) is 6.18. The lowest BCUT2D eigenvalue weighted by Crippen LogP contribution is -2.22. The zero-order chi connectivity index (χ0) is 17.6. The summed E-state index contributed by atoms with van der Waals surface area (Å²) in [5.41, 5.74) is 5.79. The van der Waals surface area contributed by atoms with Crippen LogP contribution >= 0.6 is 23.2 Å². The predicted molar refractivity (Wildman–Crippen MR) is 109 cm³/mol. The Hall–Kier alpha value is -1.96. The molecule has 0 N–H and O–H groups in total. The van der Waals surface area contributed by atoms with Gasteiger partial charge in [0.1, 0.15) is 0 Å². The van der Waals surface area contributed by atoms with Gasteiger partial charge in [0, 0.05) is 29.7 Å². The highest BCUT2D eigenvalue weighted by molar-refractivity contribution is 6.32. The van der Waals surface area contributed by atoms with E-state index in [0.717, 1.165) is 34.9 Å². The lowest BCUT2D eigenvalue weighted by Gasteiger charge is -2.26. The smallest absolute Gasteiger partial charge is 0.0491 e. The van der Waals surface area contributed by atoms with E-state index in [2.05, 4.69) is 66.4 Å². The molecule has 0 aliphatic heterocycles. The van der Waals surface area contributed by atoms with Gasteiger partial charge in [-0.25, -0.2) is 0 Å². The van der Waals surface area contributed by atoms with E-state index in [9.17, 15) is 0 Å². The maximum absolute atomic E-state index is 6.47. The summed E-state index contributed by atoms with van der Waals surface area (Å²) in [6.07, 6.45) is 0. The van der Waals surface area contributed by atoms with Crippen molar-refractivity contribution in [1.29, 1.82) is 0 Å². The lowest BCUT2D eigenvalue weighted by molar-refractivity contribution is 0.799. The first-order chi connectivity index (χ1) is 12.2. The fourth-order valence-corrected chi connectivity index (χ4v) is 3.70. The number of halogens is 2.